The van der Waals surface area contributed by atoms with E-state index in [0.29, 0.717) is 5.69 Å². The van der Waals surface area contributed by atoms with Gasteiger partial charge < -0.3 is 10.4 Å². The fourth-order valence-electron chi connectivity index (χ4n) is 1.21. The van der Waals surface area contributed by atoms with Crippen molar-refractivity contribution in [2.24, 2.45) is 0 Å². The Balaban J connectivity index is 2.83. The van der Waals surface area contributed by atoms with Gasteiger partial charge in [0.25, 0.3) is 0 Å². The van der Waals surface area contributed by atoms with Crippen LogP contribution >= 0.6 is 11.8 Å². The largest absolute Gasteiger partial charge is 0.481 e. The van der Waals surface area contributed by atoms with Crippen molar-refractivity contribution < 1.29 is 9.90 Å². The predicted octanol–water partition coefficient (Wildman–Crippen LogP) is 2.10. The van der Waals surface area contributed by atoms with E-state index < -0.39 is 5.97 Å². The van der Waals surface area contributed by atoms with Crippen molar-refractivity contribution in [3.05, 3.63) is 35.5 Å². The Morgan fingerprint density at radius 3 is 2.20 bits per heavy atom. The van der Waals surface area contributed by atoms with Gasteiger partial charge in [0.15, 0.2) is 5.57 Å². The molecule has 0 aliphatic rings. The molecule has 0 heterocycles. The number of carboxylic acids is 1. The Kier molecular flexibility index (Phi) is 5.65. The summed E-state index contributed by atoms with van der Waals surface area (Å²) in [5, 5.41) is 37.5. The first kappa shape index (κ1) is 15.1. The van der Waals surface area contributed by atoms with Gasteiger partial charge in [-0.1, -0.05) is 0 Å². The zero-order valence-electron chi connectivity index (χ0n) is 10.1. The number of rotatable bonds is 5. The molecule has 20 heavy (non-hydrogen) atoms. The smallest absolute Gasteiger partial charge is 0.313 e. The maximum atomic E-state index is 10.4. The molecular weight excluding hydrogens is 276 g/mol. The average molecular weight is 284 g/mol. The van der Waals surface area contributed by atoms with E-state index in [4.69, 9.17) is 20.9 Å². The number of carboxylic acid groups (broad SMARTS) is 1. The number of anilines is 1. The molecule has 0 bridgehead atoms. The number of aliphatic carboxylic acids is 1. The van der Waals surface area contributed by atoms with Crippen molar-refractivity contribution >= 4 is 23.4 Å². The lowest BCUT2D eigenvalue weighted by Gasteiger charge is -2.05. The molecule has 0 amide bonds. The lowest BCUT2D eigenvalue weighted by Crippen LogP contribution is -2.00. The second kappa shape index (κ2) is 7.48. The number of nitrogens with zero attached hydrogens (tertiary/aromatic N) is 3. The van der Waals surface area contributed by atoms with Gasteiger partial charge in [-0.25, -0.2) is 0 Å². The summed E-state index contributed by atoms with van der Waals surface area (Å²) >= 11 is 1.17. The molecule has 0 atom stereocenters. The van der Waals surface area contributed by atoms with E-state index in [2.05, 4.69) is 5.32 Å². The van der Waals surface area contributed by atoms with Crippen LogP contribution < -0.4 is 5.32 Å². The van der Waals surface area contributed by atoms with E-state index in [-0.39, 0.29) is 17.0 Å². The van der Waals surface area contributed by atoms with Crippen LogP contribution in [-0.4, -0.2) is 16.8 Å². The molecule has 0 spiro atoms. The minimum Gasteiger partial charge on any atom is -0.481 e. The quantitative estimate of drug-likeness (QED) is 0.627. The molecule has 0 unspecified atom stereocenters. The Labute approximate surface area is 119 Å². The van der Waals surface area contributed by atoms with Gasteiger partial charge in [0.2, 0.25) is 0 Å². The van der Waals surface area contributed by atoms with Crippen molar-refractivity contribution in [3.63, 3.8) is 0 Å². The molecule has 98 valence electrons. The molecular formula is C13H8N4O2S. The van der Waals surface area contributed by atoms with E-state index in [1.54, 1.807) is 42.5 Å². The van der Waals surface area contributed by atoms with E-state index in [9.17, 15) is 4.79 Å². The number of hydrogen-bond acceptors (Lipinski definition) is 6. The van der Waals surface area contributed by atoms with Crippen molar-refractivity contribution in [2.75, 3.05) is 11.1 Å². The molecule has 0 fully saturated rings. The Hall–Kier alpha value is -2.95. The maximum Gasteiger partial charge on any atom is 0.313 e. The van der Waals surface area contributed by atoms with Gasteiger partial charge in [-0.2, -0.15) is 15.8 Å². The van der Waals surface area contributed by atoms with Crippen LogP contribution in [0.4, 0.5) is 5.69 Å². The number of nitrogens with one attached hydrogen (secondary N) is 1. The summed E-state index contributed by atoms with van der Waals surface area (Å²) in [6.07, 6.45) is 0. The Morgan fingerprint density at radius 2 is 1.75 bits per heavy atom. The SMILES string of the molecule is N#CC(C#N)=C(C#N)Nc1ccc(SCC(=O)O)cc1. The van der Waals surface area contributed by atoms with Gasteiger partial charge in [-0.3, -0.25) is 4.79 Å². The summed E-state index contributed by atoms with van der Waals surface area (Å²) in [7, 11) is 0. The van der Waals surface area contributed by atoms with E-state index in [1.165, 1.54) is 11.8 Å². The molecule has 0 radical (unpaired) electrons. The first-order valence-electron chi connectivity index (χ1n) is 5.27. The standard InChI is InChI=1S/C13H8N4O2S/c14-5-9(6-15)12(7-16)17-10-1-3-11(4-2-10)20-8-13(18)19/h1-4,17H,8H2,(H,18,19). The highest BCUT2D eigenvalue weighted by Crippen LogP contribution is 2.21. The van der Waals surface area contributed by atoms with E-state index >= 15 is 0 Å². The minimum atomic E-state index is -0.903. The number of nitriles is 3. The topological polar surface area (TPSA) is 121 Å². The van der Waals surface area contributed by atoms with Crippen molar-refractivity contribution in [1.29, 1.82) is 15.8 Å². The molecule has 0 saturated carbocycles. The number of thioether (sulfide) groups is 1. The van der Waals surface area contributed by atoms with Crippen molar-refractivity contribution in [3.8, 4) is 18.2 Å². The van der Waals surface area contributed by atoms with Gasteiger partial charge in [0.1, 0.15) is 23.9 Å². The summed E-state index contributed by atoms with van der Waals surface area (Å²) in [5.41, 5.74) is 0.113. The van der Waals surface area contributed by atoms with Gasteiger partial charge >= 0.3 is 5.97 Å². The van der Waals surface area contributed by atoms with Gasteiger partial charge in [0.05, 0.1) is 5.75 Å². The number of allylic oxidation sites excluding steroid dienone is 2. The monoisotopic (exact) mass is 284 g/mol. The van der Waals surface area contributed by atoms with E-state index in [1.807, 2.05) is 0 Å². The third kappa shape index (κ3) is 4.38. The zero-order valence-corrected chi connectivity index (χ0v) is 10.9. The average Bonchev–Trinajstić information content (AvgIpc) is 2.46. The van der Waals surface area contributed by atoms with Crippen LogP contribution in [0.15, 0.2) is 40.4 Å². The number of benzene rings is 1. The van der Waals surface area contributed by atoms with Crippen LogP contribution in [-0.2, 0) is 4.79 Å². The summed E-state index contributed by atoms with van der Waals surface area (Å²) in [6.45, 7) is 0. The molecule has 1 aromatic carbocycles. The molecule has 1 aromatic rings. The normalized spacial score (nSPS) is 8.65. The van der Waals surface area contributed by atoms with Crippen LogP contribution in [0.3, 0.4) is 0 Å². The van der Waals surface area contributed by atoms with Crippen molar-refractivity contribution in [2.45, 2.75) is 4.90 Å². The van der Waals surface area contributed by atoms with Gasteiger partial charge in [-0.05, 0) is 24.3 Å². The van der Waals surface area contributed by atoms with Gasteiger partial charge in [0, 0.05) is 10.6 Å². The lowest BCUT2D eigenvalue weighted by molar-refractivity contribution is -0.133. The molecule has 7 heteroatoms. The third-order valence-corrected chi connectivity index (χ3v) is 3.07. The highest BCUT2D eigenvalue weighted by molar-refractivity contribution is 8.00. The summed E-state index contributed by atoms with van der Waals surface area (Å²) in [6, 6.07) is 11.6. The molecule has 0 aliphatic heterocycles. The maximum absolute atomic E-state index is 10.4. The zero-order chi connectivity index (χ0) is 15.0. The molecule has 2 N–H and O–H groups in total. The predicted molar refractivity (Wildman–Crippen MR) is 72.3 cm³/mol. The summed E-state index contributed by atoms with van der Waals surface area (Å²) in [4.78, 5) is 11.2. The molecule has 0 saturated heterocycles. The Morgan fingerprint density at radius 1 is 1.15 bits per heavy atom. The highest BCUT2D eigenvalue weighted by Gasteiger charge is 2.06. The number of carbonyl (C=O) groups is 1. The Bertz CT molecular complexity index is 644. The third-order valence-electron chi connectivity index (χ3n) is 2.07. The number of hydrogen-bond donors (Lipinski definition) is 2. The van der Waals surface area contributed by atoms with Crippen LogP contribution in [0.25, 0.3) is 0 Å². The molecule has 0 aromatic heterocycles. The molecule has 0 aliphatic carbocycles. The van der Waals surface area contributed by atoms with Crippen molar-refractivity contribution in [1.82, 2.24) is 0 Å². The highest BCUT2D eigenvalue weighted by atomic mass is 32.2. The second-order valence-electron chi connectivity index (χ2n) is 3.42. The first-order valence-corrected chi connectivity index (χ1v) is 6.25. The fourth-order valence-corrected chi connectivity index (χ4v) is 1.83. The summed E-state index contributed by atoms with van der Waals surface area (Å²) in [5.74, 6) is -0.942. The summed E-state index contributed by atoms with van der Waals surface area (Å²) < 4.78 is 0. The van der Waals surface area contributed by atoms with E-state index in [0.717, 1.165) is 4.90 Å². The fraction of sp³-hybridized carbons (Fsp3) is 0.0769. The van der Waals surface area contributed by atoms with Gasteiger partial charge in [-0.15, -0.1) is 11.8 Å². The lowest BCUT2D eigenvalue weighted by atomic mass is 10.2. The molecule has 6 nitrogen and oxygen atoms in total. The molecule has 1 rings (SSSR count). The van der Waals surface area contributed by atoms with Crippen LogP contribution in [0.2, 0.25) is 0 Å². The van der Waals surface area contributed by atoms with Crippen LogP contribution in [0, 0.1) is 34.0 Å². The minimum absolute atomic E-state index is 0.0386. The second-order valence-corrected chi connectivity index (χ2v) is 4.47. The van der Waals surface area contributed by atoms with Crippen LogP contribution in [0.5, 0.6) is 0 Å². The first-order chi connectivity index (χ1) is 9.60. The van der Waals surface area contributed by atoms with Crippen LogP contribution in [0.1, 0.15) is 0 Å².